The topological polar surface area (TPSA) is 82.9 Å². The molecule has 0 fully saturated rings. The lowest BCUT2D eigenvalue weighted by Gasteiger charge is -2.14. The van der Waals surface area contributed by atoms with E-state index in [4.69, 9.17) is 5.73 Å². The van der Waals surface area contributed by atoms with Crippen LogP contribution in [-0.4, -0.2) is 37.1 Å². The van der Waals surface area contributed by atoms with Gasteiger partial charge in [-0.3, -0.25) is 4.79 Å². The molecule has 0 aliphatic rings. The molecule has 184 valence electrons. The van der Waals surface area contributed by atoms with Gasteiger partial charge in [0.15, 0.2) is 0 Å². The highest BCUT2D eigenvalue weighted by molar-refractivity contribution is 6.07. The minimum absolute atomic E-state index is 0.391. The Morgan fingerprint density at radius 3 is 2.50 bits per heavy atom. The third kappa shape index (κ3) is 6.94. The SMILES string of the molecule is CCNCCc1cccc(-c2cc(C(N)=O)c3[nH]cc(CCCC(CC)CCNCC)c3c2)c1. The molecule has 1 aromatic heterocycles. The van der Waals surface area contributed by atoms with E-state index in [1.165, 1.54) is 30.4 Å². The summed E-state index contributed by atoms with van der Waals surface area (Å²) >= 11 is 0. The van der Waals surface area contributed by atoms with Crippen LogP contribution in [0.3, 0.4) is 0 Å². The standard InChI is InChI=1S/C29H42N4O/c1-4-21(13-15-31-5-2)9-7-12-24-20-33-28-26(24)18-25(19-27(28)29(30)34)23-11-8-10-22(17-23)14-16-32-6-3/h8,10-11,17-21,31-33H,4-7,9,12-16H2,1-3H3,(H2,30,34). The molecule has 2 aromatic carbocycles. The first-order chi connectivity index (χ1) is 16.6. The molecule has 0 spiro atoms. The maximum Gasteiger partial charge on any atom is 0.250 e. The Kier molecular flexibility index (Phi) is 10.2. The van der Waals surface area contributed by atoms with Gasteiger partial charge >= 0.3 is 0 Å². The van der Waals surface area contributed by atoms with Gasteiger partial charge in [-0.05, 0) is 92.2 Å². The molecule has 1 heterocycles. The number of nitrogens with one attached hydrogen (secondary N) is 3. The smallest absolute Gasteiger partial charge is 0.250 e. The molecule has 0 aliphatic carbocycles. The number of rotatable bonds is 15. The van der Waals surface area contributed by atoms with E-state index >= 15 is 0 Å². The van der Waals surface area contributed by atoms with Crippen LogP contribution in [0.25, 0.3) is 22.0 Å². The summed E-state index contributed by atoms with van der Waals surface area (Å²) in [5.41, 5.74) is 11.9. The molecule has 0 saturated carbocycles. The van der Waals surface area contributed by atoms with Gasteiger partial charge in [-0.2, -0.15) is 0 Å². The van der Waals surface area contributed by atoms with Gasteiger partial charge in [-0.25, -0.2) is 0 Å². The normalized spacial score (nSPS) is 12.3. The number of carbonyl (C=O) groups excluding carboxylic acids is 1. The Balaban J connectivity index is 1.82. The van der Waals surface area contributed by atoms with Crippen LogP contribution in [0.4, 0.5) is 0 Å². The summed E-state index contributed by atoms with van der Waals surface area (Å²) < 4.78 is 0. The molecule has 0 radical (unpaired) electrons. The van der Waals surface area contributed by atoms with Crippen molar-refractivity contribution in [3.63, 3.8) is 0 Å². The van der Waals surface area contributed by atoms with Crippen molar-refractivity contribution >= 4 is 16.8 Å². The number of aryl methyl sites for hydroxylation is 1. The fraction of sp³-hybridized carbons (Fsp3) is 0.483. The van der Waals surface area contributed by atoms with Gasteiger partial charge in [0.05, 0.1) is 11.1 Å². The van der Waals surface area contributed by atoms with Gasteiger partial charge in [-0.15, -0.1) is 0 Å². The summed E-state index contributed by atoms with van der Waals surface area (Å²) in [6, 6.07) is 12.8. The molecule has 1 atom stereocenters. The number of aromatic amines is 1. The minimum atomic E-state index is -0.391. The summed E-state index contributed by atoms with van der Waals surface area (Å²) in [5, 5.41) is 7.95. The average molecular weight is 463 g/mol. The number of likely N-dealkylation sites (N-methyl/N-ethyl adjacent to an activating group) is 1. The van der Waals surface area contributed by atoms with E-state index in [0.717, 1.165) is 73.4 Å². The van der Waals surface area contributed by atoms with E-state index in [-0.39, 0.29) is 0 Å². The number of hydrogen-bond acceptors (Lipinski definition) is 3. The lowest BCUT2D eigenvalue weighted by Crippen LogP contribution is -2.17. The van der Waals surface area contributed by atoms with E-state index in [1.807, 2.05) is 6.07 Å². The fourth-order valence-corrected chi connectivity index (χ4v) is 4.79. The first kappa shape index (κ1) is 26.0. The summed E-state index contributed by atoms with van der Waals surface area (Å²) in [6.45, 7) is 10.6. The number of carbonyl (C=O) groups is 1. The minimum Gasteiger partial charge on any atom is -0.366 e. The van der Waals surface area contributed by atoms with Crippen molar-refractivity contribution < 1.29 is 4.79 Å². The van der Waals surface area contributed by atoms with Crippen LogP contribution >= 0.6 is 0 Å². The monoisotopic (exact) mass is 462 g/mol. The summed E-state index contributed by atoms with van der Waals surface area (Å²) in [6.07, 6.45) is 8.87. The van der Waals surface area contributed by atoms with E-state index < -0.39 is 5.91 Å². The molecule has 0 bridgehead atoms. The Morgan fingerprint density at radius 2 is 1.76 bits per heavy atom. The number of nitrogens with two attached hydrogens (primary N) is 1. The Bertz CT molecular complexity index is 1060. The third-order valence-electron chi connectivity index (χ3n) is 6.86. The van der Waals surface area contributed by atoms with E-state index in [1.54, 1.807) is 0 Å². The molecule has 5 N–H and O–H groups in total. The van der Waals surface area contributed by atoms with Crippen molar-refractivity contribution in [2.45, 2.75) is 59.3 Å². The number of H-pyrrole nitrogens is 1. The lowest BCUT2D eigenvalue weighted by molar-refractivity contribution is 0.100. The maximum atomic E-state index is 12.3. The molecule has 5 nitrogen and oxygen atoms in total. The summed E-state index contributed by atoms with van der Waals surface area (Å²) in [5.74, 6) is 0.365. The second-order valence-corrected chi connectivity index (χ2v) is 9.24. The van der Waals surface area contributed by atoms with Gasteiger partial charge in [0, 0.05) is 11.6 Å². The highest BCUT2D eigenvalue weighted by Crippen LogP contribution is 2.31. The maximum absolute atomic E-state index is 12.3. The van der Waals surface area contributed by atoms with E-state index in [9.17, 15) is 4.79 Å². The van der Waals surface area contributed by atoms with Crippen molar-refractivity contribution in [2.24, 2.45) is 11.7 Å². The molecule has 1 amide bonds. The zero-order valence-electron chi connectivity index (χ0n) is 21.2. The molecule has 34 heavy (non-hydrogen) atoms. The van der Waals surface area contributed by atoms with Crippen molar-refractivity contribution in [3.05, 3.63) is 59.3 Å². The van der Waals surface area contributed by atoms with Crippen LogP contribution in [0, 0.1) is 5.92 Å². The largest absolute Gasteiger partial charge is 0.366 e. The molecule has 1 unspecified atom stereocenters. The number of aromatic nitrogens is 1. The predicted molar refractivity (Wildman–Crippen MR) is 144 cm³/mol. The number of benzene rings is 2. The number of primary amides is 1. The second-order valence-electron chi connectivity index (χ2n) is 9.24. The highest BCUT2D eigenvalue weighted by atomic mass is 16.1. The van der Waals surface area contributed by atoms with Crippen LogP contribution in [-0.2, 0) is 12.8 Å². The van der Waals surface area contributed by atoms with Crippen LogP contribution < -0.4 is 16.4 Å². The average Bonchev–Trinajstić information content (AvgIpc) is 3.25. The first-order valence-electron chi connectivity index (χ1n) is 13.0. The quantitative estimate of drug-likeness (QED) is 0.227. The van der Waals surface area contributed by atoms with E-state index in [0.29, 0.717) is 5.56 Å². The third-order valence-corrected chi connectivity index (χ3v) is 6.86. The molecular formula is C29H42N4O. The zero-order chi connectivity index (χ0) is 24.3. The molecule has 0 aliphatic heterocycles. The van der Waals surface area contributed by atoms with Crippen molar-refractivity contribution in [1.29, 1.82) is 0 Å². The molecule has 3 aromatic rings. The number of fused-ring (bicyclic) bond motifs is 1. The highest BCUT2D eigenvalue weighted by Gasteiger charge is 2.15. The van der Waals surface area contributed by atoms with Gasteiger partial charge in [-0.1, -0.05) is 57.9 Å². The van der Waals surface area contributed by atoms with Crippen LogP contribution in [0.1, 0.15) is 67.9 Å². The first-order valence-corrected chi connectivity index (χ1v) is 13.0. The number of hydrogen-bond donors (Lipinski definition) is 4. The van der Waals surface area contributed by atoms with Crippen LogP contribution in [0.5, 0.6) is 0 Å². The Hall–Kier alpha value is -2.63. The predicted octanol–water partition coefficient (Wildman–Crippen LogP) is 5.43. The number of amides is 1. The van der Waals surface area contributed by atoms with Crippen LogP contribution in [0.15, 0.2) is 42.6 Å². The molecular weight excluding hydrogens is 420 g/mol. The lowest BCUT2D eigenvalue weighted by atomic mass is 9.93. The molecule has 3 rings (SSSR count). The van der Waals surface area contributed by atoms with Gasteiger partial charge in [0.2, 0.25) is 0 Å². The molecule has 0 saturated heterocycles. The van der Waals surface area contributed by atoms with Gasteiger partial charge in [0.1, 0.15) is 0 Å². The second kappa shape index (κ2) is 13.3. The van der Waals surface area contributed by atoms with Crippen molar-refractivity contribution in [2.75, 3.05) is 26.2 Å². The van der Waals surface area contributed by atoms with E-state index in [2.05, 4.69) is 72.9 Å². The van der Waals surface area contributed by atoms with Crippen LogP contribution in [0.2, 0.25) is 0 Å². The molecule has 5 heteroatoms. The van der Waals surface area contributed by atoms with Crippen molar-refractivity contribution in [1.82, 2.24) is 15.6 Å². The zero-order valence-corrected chi connectivity index (χ0v) is 21.2. The Morgan fingerprint density at radius 1 is 0.971 bits per heavy atom. The van der Waals surface area contributed by atoms with Gasteiger partial charge < -0.3 is 21.4 Å². The summed E-state index contributed by atoms with van der Waals surface area (Å²) in [4.78, 5) is 15.6. The Labute approximate surface area is 204 Å². The van der Waals surface area contributed by atoms with Gasteiger partial charge in [0.25, 0.3) is 5.91 Å². The van der Waals surface area contributed by atoms with Crippen molar-refractivity contribution in [3.8, 4) is 11.1 Å². The fourth-order valence-electron chi connectivity index (χ4n) is 4.79. The summed E-state index contributed by atoms with van der Waals surface area (Å²) in [7, 11) is 0.